The van der Waals surface area contributed by atoms with E-state index in [-0.39, 0.29) is 24.4 Å². The molecule has 2 atom stereocenters. The normalized spacial score (nSPS) is 26.8. The molecule has 0 aromatic carbocycles. The van der Waals surface area contributed by atoms with Crippen molar-refractivity contribution in [2.75, 3.05) is 24.6 Å². The minimum Gasteiger partial charge on any atom is -0.481 e. The summed E-state index contributed by atoms with van der Waals surface area (Å²) in [6, 6.07) is -1.15. The summed E-state index contributed by atoms with van der Waals surface area (Å²) in [5.41, 5.74) is 0. The van der Waals surface area contributed by atoms with Gasteiger partial charge in [0.15, 0.2) is 0 Å². The van der Waals surface area contributed by atoms with E-state index in [4.69, 9.17) is 5.11 Å². The SMILES string of the molecule is O=C(O)CC1CSCCN1C(=O)NC1CCCNC1=O. The summed E-state index contributed by atoms with van der Waals surface area (Å²) < 4.78 is 0. The monoisotopic (exact) mass is 301 g/mol. The second-order valence-electron chi connectivity index (χ2n) is 4.96. The van der Waals surface area contributed by atoms with Gasteiger partial charge in [-0.05, 0) is 12.8 Å². The number of carboxylic acid groups (broad SMARTS) is 1. The number of urea groups is 1. The third-order valence-corrected chi connectivity index (χ3v) is 4.57. The summed E-state index contributed by atoms with van der Waals surface area (Å²) in [5, 5.41) is 14.3. The van der Waals surface area contributed by atoms with Crippen LogP contribution in [0.1, 0.15) is 19.3 Å². The summed E-state index contributed by atoms with van der Waals surface area (Å²) in [5.74, 6) is 0.341. The molecule has 2 heterocycles. The minimum atomic E-state index is -0.911. The second kappa shape index (κ2) is 6.83. The Morgan fingerprint density at radius 1 is 1.50 bits per heavy atom. The number of nitrogens with zero attached hydrogens (tertiary/aromatic N) is 1. The van der Waals surface area contributed by atoms with Gasteiger partial charge < -0.3 is 20.6 Å². The van der Waals surface area contributed by atoms with Gasteiger partial charge in [-0.2, -0.15) is 11.8 Å². The lowest BCUT2D eigenvalue weighted by atomic mass is 10.1. The van der Waals surface area contributed by atoms with E-state index in [2.05, 4.69) is 10.6 Å². The molecule has 20 heavy (non-hydrogen) atoms. The Hall–Kier alpha value is -1.44. The molecule has 0 bridgehead atoms. The Balaban J connectivity index is 1.94. The van der Waals surface area contributed by atoms with E-state index in [0.29, 0.717) is 25.3 Å². The quantitative estimate of drug-likeness (QED) is 0.674. The highest BCUT2D eigenvalue weighted by atomic mass is 32.2. The number of thioether (sulfide) groups is 1. The van der Waals surface area contributed by atoms with Gasteiger partial charge in [0.1, 0.15) is 6.04 Å². The molecule has 0 radical (unpaired) electrons. The predicted molar refractivity (Wildman–Crippen MR) is 74.6 cm³/mol. The molecule has 3 N–H and O–H groups in total. The number of piperidine rings is 1. The molecule has 0 aromatic rings. The molecular weight excluding hydrogens is 282 g/mol. The van der Waals surface area contributed by atoms with Crippen LogP contribution < -0.4 is 10.6 Å². The average molecular weight is 301 g/mol. The van der Waals surface area contributed by atoms with Crippen molar-refractivity contribution in [1.29, 1.82) is 0 Å². The second-order valence-corrected chi connectivity index (χ2v) is 6.11. The van der Waals surface area contributed by atoms with E-state index >= 15 is 0 Å². The summed E-state index contributed by atoms with van der Waals surface area (Å²) in [7, 11) is 0. The zero-order valence-electron chi connectivity index (χ0n) is 11.1. The summed E-state index contributed by atoms with van der Waals surface area (Å²) >= 11 is 1.65. The molecular formula is C12H19N3O4S. The van der Waals surface area contributed by atoms with Gasteiger partial charge in [-0.3, -0.25) is 9.59 Å². The number of carboxylic acids is 1. The van der Waals surface area contributed by atoms with Gasteiger partial charge in [0.05, 0.1) is 12.5 Å². The first kappa shape index (κ1) is 15.0. The minimum absolute atomic E-state index is 0.0583. The van der Waals surface area contributed by atoms with Crippen molar-refractivity contribution in [1.82, 2.24) is 15.5 Å². The summed E-state index contributed by atoms with van der Waals surface area (Å²) in [6.07, 6.45) is 1.41. The van der Waals surface area contributed by atoms with Crippen LogP contribution in [0.4, 0.5) is 4.79 Å². The van der Waals surface area contributed by atoms with Crippen LogP contribution in [0.15, 0.2) is 0 Å². The largest absolute Gasteiger partial charge is 0.481 e. The molecule has 0 aromatic heterocycles. The van der Waals surface area contributed by atoms with Gasteiger partial charge in [-0.1, -0.05) is 0 Å². The Morgan fingerprint density at radius 2 is 2.30 bits per heavy atom. The first-order chi connectivity index (χ1) is 9.58. The Morgan fingerprint density at radius 3 is 3.00 bits per heavy atom. The topological polar surface area (TPSA) is 98.7 Å². The Labute approximate surface area is 121 Å². The number of carbonyl (C=O) groups excluding carboxylic acids is 2. The molecule has 7 nitrogen and oxygen atoms in total. The third-order valence-electron chi connectivity index (χ3n) is 3.48. The fourth-order valence-corrected chi connectivity index (χ4v) is 3.50. The van der Waals surface area contributed by atoms with E-state index < -0.39 is 12.0 Å². The first-order valence-corrected chi connectivity index (χ1v) is 7.88. The van der Waals surface area contributed by atoms with Crippen molar-refractivity contribution in [3.05, 3.63) is 0 Å². The Bertz CT molecular complexity index is 404. The lowest BCUT2D eigenvalue weighted by Crippen LogP contribution is -2.57. The highest BCUT2D eigenvalue weighted by Gasteiger charge is 2.31. The van der Waals surface area contributed by atoms with E-state index in [9.17, 15) is 14.4 Å². The molecule has 2 unspecified atom stereocenters. The lowest BCUT2D eigenvalue weighted by Gasteiger charge is -2.36. The molecule has 0 saturated carbocycles. The van der Waals surface area contributed by atoms with Crippen molar-refractivity contribution in [2.45, 2.75) is 31.3 Å². The van der Waals surface area contributed by atoms with Gasteiger partial charge in [0.2, 0.25) is 5.91 Å². The number of carbonyl (C=O) groups is 3. The van der Waals surface area contributed by atoms with Gasteiger partial charge in [-0.15, -0.1) is 0 Å². The molecule has 2 aliphatic rings. The van der Waals surface area contributed by atoms with Crippen LogP contribution in [0.25, 0.3) is 0 Å². The maximum atomic E-state index is 12.2. The van der Waals surface area contributed by atoms with Crippen LogP contribution in [0, 0.1) is 0 Å². The van der Waals surface area contributed by atoms with Crippen molar-refractivity contribution >= 4 is 29.7 Å². The van der Waals surface area contributed by atoms with Crippen molar-refractivity contribution in [3.8, 4) is 0 Å². The number of rotatable bonds is 3. The zero-order chi connectivity index (χ0) is 14.5. The van der Waals surface area contributed by atoms with Crippen LogP contribution in [-0.2, 0) is 9.59 Å². The van der Waals surface area contributed by atoms with Gasteiger partial charge in [0.25, 0.3) is 0 Å². The van der Waals surface area contributed by atoms with Crippen molar-refractivity contribution < 1.29 is 19.5 Å². The third kappa shape index (κ3) is 3.78. The number of hydrogen-bond donors (Lipinski definition) is 3. The molecule has 2 aliphatic heterocycles. The lowest BCUT2D eigenvalue weighted by molar-refractivity contribution is -0.138. The molecule has 2 rings (SSSR count). The summed E-state index contributed by atoms with van der Waals surface area (Å²) in [4.78, 5) is 36.3. The zero-order valence-corrected chi connectivity index (χ0v) is 11.9. The van der Waals surface area contributed by atoms with Crippen LogP contribution in [0.3, 0.4) is 0 Å². The smallest absolute Gasteiger partial charge is 0.318 e. The Kier molecular flexibility index (Phi) is 5.11. The molecule has 0 spiro atoms. The number of amides is 3. The predicted octanol–water partition coefficient (Wildman–Crippen LogP) is -0.133. The fraction of sp³-hybridized carbons (Fsp3) is 0.750. The first-order valence-electron chi connectivity index (χ1n) is 6.72. The van der Waals surface area contributed by atoms with Crippen molar-refractivity contribution in [3.63, 3.8) is 0 Å². The average Bonchev–Trinajstić information content (AvgIpc) is 2.41. The maximum Gasteiger partial charge on any atom is 0.318 e. The highest BCUT2D eigenvalue weighted by molar-refractivity contribution is 7.99. The molecule has 112 valence electrons. The maximum absolute atomic E-state index is 12.2. The van der Waals surface area contributed by atoms with E-state index in [1.54, 1.807) is 16.7 Å². The summed E-state index contributed by atoms with van der Waals surface area (Å²) in [6.45, 7) is 1.16. The van der Waals surface area contributed by atoms with E-state index in [0.717, 1.165) is 12.2 Å². The molecule has 8 heteroatoms. The number of nitrogens with one attached hydrogen (secondary N) is 2. The number of aliphatic carboxylic acids is 1. The van der Waals surface area contributed by atoms with Gasteiger partial charge >= 0.3 is 12.0 Å². The van der Waals surface area contributed by atoms with Crippen LogP contribution >= 0.6 is 11.8 Å². The highest BCUT2D eigenvalue weighted by Crippen LogP contribution is 2.19. The van der Waals surface area contributed by atoms with E-state index in [1.807, 2.05) is 0 Å². The van der Waals surface area contributed by atoms with Crippen molar-refractivity contribution in [2.24, 2.45) is 0 Å². The molecule has 3 amide bonds. The van der Waals surface area contributed by atoms with Crippen LogP contribution in [-0.4, -0.2) is 64.6 Å². The molecule has 2 fully saturated rings. The molecule has 0 aliphatic carbocycles. The molecule has 2 saturated heterocycles. The number of hydrogen-bond acceptors (Lipinski definition) is 4. The van der Waals surface area contributed by atoms with Gasteiger partial charge in [0, 0.05) is 24.6 Å². The van der Waals surface area contributed by atoms with E-state index in [1.165, 1.54) is 0 Å². The standard InChI is InChI=1S/C12H19N3O4S/c16-10(17)6-8-7-20-5-4-15(8)12(19)14-9-2-1-3-13-11(9)18/h8-9H,1-7H2,(H,13,18)(H,14,19)(H,16,17). The van der Waals surface area contributed by atoms with Crippen LogP contribution in [0.2, 0.25) is 0 Å². The fourth-order valence-electron chi connectivity index (χ4n) is 2.43. The van der Waals surface area contributed by atoms with Gasteiger partial charge in [-0.25, -0.2) is 4.79 Å². The van der Waals surface area contributed by atoms with Crippen LogP contribution in [0.5, 0.6) is 0 Å².